The van der Waals surface area contributed by atoms with Crippen LogP contribution >= 0.6 is 7.52 Å². The SMILES string of the molecule is O=C(O)Cc1ccccc1NP(=O)(O)CCCCc1cccc2ccccc12. The van der Waals surface area contributed by atoms with Crippen LogP contribution in [0.3, 0.4) is 0 Å². The van der Waals surface area contributed by atoms with Crippen molar-refractivity contribution in [3.8, 4) is 0 Å². The lowest BCUT2D eigenvalue weighted by atomic mass is 10.0. The van der Waals surface area contributed by atoms with E-state index in [1.54, 1.807) is 24.3 Å². The van der Waals surface area contributed by atoms with Crippen molar-refractivity contribution >= 4 is 29.9 Å². The molecule has 0 aliphatic heterocycles. The fourth-order valence-electron chi connectivity index (χ4n) is 3.34. The summed E-state index contributed by atoms with van der Waals surface area (Å²) >= 11 is 0. The average molecular weight is 397 g/mol. The Morgan fingerprint density at radius 2 is 1.57 bits per heavy atom. The Labute approximate surface area is 164 Å². The summed E-state index contributed by atoms with van der Waals surface area (Å²) in [6, 6.07) is 21.2. The summed E-state index contributed by atoms with van der Waals surface area (Å²) in [7, 11) is -3.60. The maximum atomic E-state index is 12.5. The van der Waals surface area contributed by atoms with Crippen LogP contribution in [0.4, 0.5) is 5.69 Å². The van der Waals surface area contributed by atoms with Gasteiger partial charge in [-0.05, 0) is 47.2 Å². The molecule has 3 N–H and O–H groups in total. The minimum absolute atomic E-state index is 0.138. The molecule has 0 amide bonds. The van der Waals surface area contributed by atoms with Gasteiger partial charge in [-0.25, -0.2) is 0 Å². The first-order chi connectivity index (χ1) is 13.4. The van der Waals surface area contributed by atoms with Gasteiger partial charge >= 0.3 is 5.97 Å². The third-order valence-electron chi connectivity index (χ3n) is 4.69. The molecule has 0 bridgehead atoms. The lowest BCUT2D eigenvalue weighted by molar-refractivity contribution is -0.136. The number of para-hydroxylation sites is 1. The molecule has 28 heavy (non-hydrogen) atoms. The lowest BCUT2D eigenvalue weighted by Crippen LogP contribution is -2.06. The Hall–Kier alpha value is -2.62. The molecule has 0 heterocycles. The summed E-state index contributed by atoms with van der Waals surface area (Å²) in [6.07, 6.45) is 2.20. The number of carbonyl (C=O) groups is 1. The largest absolute Gasteiger partial charge is 0.481 e. The Balaban J connectivity index is 1.57. The summed E-state index contributed by atoms with van der Waals surface area (Å²) in [5, 5.41) is 14.1. The number of nitrogens with one attached hydrogen (secondary N) is 1. The van der Waals surface area contributed by atoms with E-state index in [4.69, 9.17) is 5.11 Å². The molecular formula is C22H24NO4P. The van der Waals surface area contributed by atoms with Gasteiger partial charge in [-0.2, -0.15) is 0 Å². The molecule has 6 heteroatoms. The van der Waals surface area contributed by atoms with Crippen LogP contribution in [0.25, 0.3) is 10.8 Å². The highest BCUT2D eigenvalue weighted by atomic mass is 31.2. The molecule has 3 aromatic rings. The molecule has 3 rings (SSSR count). The van der Waals surface area contributed by atoms with Crippen LogP contribution in [0.1, 0.15) is 24.0 Å². The molecule has 146 valence electrons. The molecule has 3 aromatic carbocycles. The van der Waals surface area contributed by atoms with Gasteiger partial charge < -0.3 is 15.1 Å². The number of unbranched alkanes of at least 4 members (excludes halogenated alkanes) is 1. The number of aliphatic carboxylic acids is 1. The van der Waals surface area contributed by atoms with Crippen LogP contribution < -0.4 is 5.09 Å². The number of carboxylic acids is 1. The molecule has 5 nitrogen and oxygen atoms in total. The number of anilines is 1. The number of carboxylic acid groups (broad SMARTS) is 1. The predicted octanol–water partition coefficient (Wildman–Crippen LogP) is 5.09. The first-order valence-electron chi connectivity index (χ1n) is 9.31. The van der Waals surface area contributed by atoms with Gasteiger partial charge in [0, 0.05) is 11.8 Å². The highest BCUT2D eigenvalue weighted by Crippen LogP contribution is 2.42. The predicted molar refractivity (Wildman–Crippen MR) is 113 cm³/mol. The molecule has 1 atom stereocenters. The summed E-state index contributed by atoms with van der Waals surface area (Å²) in [6.45, 7) is 0. The average Bonchev–Trinajstić information content (AvgIpc) is 2.66. The molecule has 0 aliphatic rings. The van der Waals surface area contributed by atoms with Crippen molar-refractivity contribution in [1.29, 1.82) is 0 Å². The van der Waals surface area contributed by atoms with Crippen LogP contribution in [0.5, 0.6) is 0 Å². The van der Waals surface area contributed by atoms with Crippen molar-refractivity contribution in [2.45, 2.75) is 25.7 Å². The van der Waals surface area contributed by atoms with E-state index in [-0.39, 0.29) is 12.6 Å². The summed E-state index contributed by atoms with van der Waals surface area (Å²) in [5.74, 6) is -0.975. The van der Waals surface area contributed by atoms with E-state index < -0.39 is 13.5 Å². The van der Waals surface area contributed by atoms with E-state index in [2.05, 4.69) is 29.4 Å². The van der Waals surface area contributed by atoms with E-state index >= 15 is 0 Å². The Kier molecular flexibility index (Phi) is 6.50. The Morgan fingerprint density at radius 1 is 0.893 bits per heavy atom. The molecule has 0 spiro atoms. The van der Waals surface area contributed by atoms with Crippen molar-refractivity contribution in [1.82, 2.24) is 0 Å². The third kappa shape index (κ3) is 5.44. The standard InChI is InChI=1S/C22H24NO4P/c24-22(25)16-19-10-2-4-14-21(19)23-28(26,27)15-6-5-9-18-12-7-11-17-8-1-3-13-20(17)18/h1-4,7-8,10-14H,5-6,9,15-16H2,(H,24,25)(H2,23,26,27). The fraction of sp³-hybridized carbons (Fsp3) is 0.227. The van der Waals surface area contributed by atoms with Gasteiger partial charge in [0.2, 0.25) is 0 Å². The van der Waals surface area contributed by atoms with E-state index in [9.17, 15) is 14.3 Å². The van der Waals surface area contributed by atoms with Gasteiger partial charge in [0.1, 0.15) is 0 Å². The van der Waals surface area contributed by atoms with Crippen molar-refractivity contribution in [2.24, 2.45) is 0 Å². The monoisotopic (exact) mass is 397 g/mol. The first kappa shape index (κ1) is 20.1. The normalized spacial score (nSPS) is 13.2. The summed E-state index contributed by atoms with van der Waals surface area (Å²) in [4.78, 5) is 21.3. The van der Waals surface area contributed by atoms with Gasteiger partial charge in [0.05, 0.1) is 6.42 Å². The Bertz CT molecular complexity index is 1010. The fourth-order valence-corrected chi connectivity index (χ4v) is 4.70. The number of rotatable bonds is 9. The molecule has 0 radical (unpaired) electrons. The minimum atomic E-state index is -3.60. The van der Waals surface area contributed by atoms with Crippen molar-refractivity contribution < 1.29 is 19.4 Å². The highest BCUT2D eigenvalue weighted by Gasteiger charge is 2.19. The summed E-state index contributed by atoms with van der Waals surface area (Å²) in [5.41, 5.74) is 2.15. The molecule has 0 saturated carbocycles. The van der Waals surface area contributed by atoms with Crippen LogP contribution in [0.15, 0.2) is 66.7 Å². The first-order valence-corrected chi connectivity index (χ1v) is 11.2. The Morgan fingerprint density at radius 3 is 2.39 bits per heavy atom. The van der Waals surface area contributed by atoms with Crippen molar-refractivity contribution in [2.75, 3.05) is 11.2 Å². The maximum Gasteiger partial charge on any atom is 0.307 e. The second kappa shape index (κ2) is 9.05. The second-order valence-electron chi connectivity index (χ2n) is 6.86. The van der Waals surface area contributed by atoms with Crippen molar-refractivity contribution in [3.63, 3.8) is 0 Å². The van der Waals surface area contributed by atoms with Gasteiger partial charge in [0.25, 0.3) is 7.52 Å². The van der Waals surface area contributed by atoms with Gasteiger partial charge in [-0.1, -0.05) is 60.7 Å². The molecule has 1 unspecified atom stereocenters. The molecule has 0 saturated heterocycles. The number of hydrogen-bond acceptors (Lipinski definition) is 2. The molecular weight excluding hydrogens is 373 g/mol. The third-order valence-corrected chi connectivity index (χ3v) is 6.20. The number of fused-ring (bicyclic) bond motifs is 1. The number of benzene rings is 3. The number of aryl methyl sites for hydroxylation is 1. The second-order valence-corrected chi connectivity index (χ2v) is 8.93. The van der Waals surface area contributed by atoms with E-state index in [1.165, 1.54) is 16.3 Å². The van der Waals surface area contributed by atoms with Crippen LogP contribution in [-0.2, 0) is 22.2 Å². The van der Waals surface area contributed by atoms with Crippen LogP contribution in [0.2, 0.25) is 0 Å². The van der Waals surface area contributed by atoms with Crippen LogP contribution in [0, 0.1) is 0 Å². The van der Waals surface area contributed by atoms with E-state index in [0.717, 1.165) is 12.8 Å². The lowest BCUT2D eigenvalue weighted by Gasteiger charge is -2.17. The highest BCUT2D eigenvalue weighted by molar-refractivity contribution is 7.59. The van der Waals surface area contributed by atoms with Gasteiger partial charge in [0.15, 0.2) is 0 Å². The molecule has 0 aliphatic carbocycles. The smallest absolute Gasteiger partial charge is 0.307 e. The zero-order valence-corrected chi connectivity index (χ0v) is 16.4. The molecule has 0 fully saturated rings. The maximum absolute atomic E-state index is 12.5. The van der Waals surface area contributed by atoms with Crippen LogP contribution in [-0.4, -0.2) is 22.1 Å². The minimum Gasteiger partial charge on any atom is -0.481 e. The topological polar surface area (TPSA) is 86.6 Å². The number of hydrogen-bond donors (Lipinski definition) is 3. The van der Waals surface area contributed by atoms with E-state index in [1.807, 2.05) is 18.2 Å². The van der Waals surface area contributed by atoms with E-state index in [0.29, 0.717) is 17.7 Å². The summed E-state index contributed by atoms with van der Waals surface area (Å²) < 4.78 is 12.5. The molecule has 0 aromatic heterocycles. The van der Waals surface area contributed by atoms with Gasteiger partial charge in [-0.3, -0.25) is 9.36 Å². The van der Waals surface area contributed by atoms with Crippen molar-refractivity contribution in [3.05, 3.63) is 77.9 Å². The zero-order chi connectivity index (χ0) is 20.0. The zero-order valence-electron chi connectivity index (χ0n) is 15.5. The quantitative estimate of drug-likeness (QED) is 0.346. The van der Waals surface area contributed by atoms with Gasteiger partial charge in [-0.15, -0.1) is 0 Å².